The van der Waals surface area contributed by atoms with E-state index in [1.807, 2.05) is 43.3 Å². The Morgan fingerprint density at radius 1 is 1.05 bits per heavy atom. The van der Waals surface area contributed by atoms with Gasteiger partial charge in [0.15, 0.2) is 11.5 Å². The molecule has 106 valence electrons. The van der Waals surface area contributed by atoms with Gasteiger partial charge in [-0.15, -0.1) is 0 Å². The number of hydrogen-bond acceptors (Lipinski definition) is 3. The molecule has 0 saturated heterocycles. The molecule has 3 nitrogen and oxygen atoms in total. The Balaban J connectivity index is 2.07. The van der Waals surface area contributed by atoms with E-state index < -0.39 is 0 Å². The first-order chi connectivity index (χ1) is 9.61. The fraction of sp³-hybridized carbons (Fsp3) is 0.294. The summed E-state index contributed by atoms with van der Waals surface area (Å²) in [5.41, 5.74) is 9.63. The summed E-state index contributed by atoms with van der Waals surface area (Å²) in [5, 5.41) is 0. The average Bonchev–Trinajstić information content (AvgIpc) is 2.46. The number of benzene rings is 2. The van der Waals surface area contributed by atoms with Crippen molar-refractivity contribution in [3.05, 3.63) is 59.2 Å². The Morgan fingerprint density at radius 2 is 1.80 bits per heavy atom. The summed E-state index contributed by atoms with van der Waals surface area (Å²) < 4.78 is 11.1. The summed E-state index contributed by atoms with van der Waals surface area (Å²) in [6, 6.07) is 13.8. The van der Waals surface area contributed by atoms with Crippen LogP contribution in [0.2, 0.25) is 0 Å². The Bertz CT molecular complexity index is 581. The molecular formula is C17H21NO2. The van der Waals surface area contributed by atoms with E-state index in [9.17, 15) is 0 Å². The monoisotopic (exact) mass is 271 g/mol. The molecule has 20 heavy (non-hydrogen) atoms. The Kier molecular flexibility index (Phi) is 4.64. The summed E-state index contributed by atoms with van der Waals surface area (Å²) in [5.74, 6) is 1.46. The van der Waals surface area contributed by atoms with Crippen molar-refractivity contribution in [2.24, 2.45) is 5.73 Å². The maximum Gasteiger partial charge on any atom is 0.161 e. The van der Waals surface area contributed by atoms with Crippen molar-refractivity contribution in [2.45, 2.75) is 19.9 Å². The van der Waals surface area contributed by atoms with E-state index in [0.717, 1.165) is 22.6 Å². The highest BCUT2D eigenvalue weighted by molar-refractivity contribution is 5.42. The number of methoxy groups -OCH3 is 1. The second-order valence-corrected chi connectivity index (χ2v) is 4.93. The van der Waals surface area contributed by atoms with Crippen LogP contribution >= 0.6 is 0 Å². The lowest BCUT2D eigenvalue weighted by Gasteiger charge is -2.17. The largest absolute Gasteiger partial charge is 0.493 e. The van der Waals surface area contributed by atoms with Gasteiger partial charge in [0.1, 0.15) is 6.61 Å². The minimum absolute atomic E-state index is 0.151. The smallest absolute Gasteiger partial charge is 0.161 e. The number of ether oxygens (including phenoxy) is 2. The number of nitrogens with two attached hydrogens (primary N) is 1. The van der Waals surface area contributed by atoms with Crippen molar-refractivity contribution in [3.8, 4) is 11.5 Å². The standard InChI is InChI=1S/C17H21NO2/c1-12-8-9-16(17(10-12)19-3)20-11-15(18)14-7-5-4-6-13(14)2/h4-10,15H,11,18H2,1-3H3. The molecule has 0 aliphatic carbocycles. The number of hydrogen-bond donors (Lipinski definition) is 1. The van der Waals surface area contributed by atoms with Crippen LogP contribution in [0.3, 0.4) is 0 Å². The van der Waals surface area contributed by atoms with E-state index in [2.05, 4.69) is 13.0 Å². The molecule has 2 rings (SSSR count). The summed E-state index contributed by atoms with van der Waals surface area (Å²) in [6.45, 7) is 4.50. The normalized spacial score (nSPS) is 12.0. The van der Waals surface area contributed by atoms with Crippen molar-refractivity contribution >= 4 is 0 Å². The topological polar surface area (TPSA) is 44.5 Å². The van der Waals surface area contributed by atoms with Gasteiger partial charge < -0.3 is 15.2 Å². The minimum Gasteiger partial charge on any atom is -0.493 e. The Hall–Kier alpha value is -2.00. The maximum absolute atomic E-state index is 6.20. The molecule has 0 radical (unpaired) electrons. The molecule has 0 saturated carbocycles. The predicted octanol–water partition coefficient (Wildman–Crippen LogP) is 3.39. The number of rotatable bonds is 5. The lowest BCUT2D eigenvalue weighted by atomic mass is 10.0. The van der Waals surface area contributed by atoms with Gasteiger partial charge in [-0.05, 0) is 42.7 Å². The summed E-state index contributed by atoms with van der Waals surface area (Å²) in [6.07, 6.45) is 0. The van der Waals surface area contributed by atoms with E-state index in [1.54, 1.807) is 7.11 Å². The lowest BCUT2D eigenvalue weighted by Crippen LogP contribution is -2.20. The Morgan fingerprint density at radius 3 is 2.50 bits per heavy atom. The van der Waals surface area contributed by atoms with Crippen LogP contribution < -0.4 is 15.2 Å². The molecule has 0 heterocycles. The molecule has 2 N–H and O–H groups in total. The van der Waals surface area contributed by atoms with Gasteiger partial charge in [-0.1, -0.05) is 30.3 Å². The van der Waals surface area contributed by atoms with E-state index in [1.165, 1.54) is 5.56 Å². The number of aryl methyl sites for hydroxylation is 2. The van der Waals surface area contributed by atoms with Crippen LogP contribution in [0.25, 0.3) is 0 Å². The van der Waals surface area contributed by atoms with Gasteiger partial charge in [-0.2, -0.15) is 0 Å². The van der Waals surface area contributed by atoms with E-state index in [4.69, 9.17) is 15.2 Å². The van der Waals surface area contributed by atoms with E-state index in [-0.39, 0.29) is 6.04 Å². The zero-order chi connectivity index (χ0) is 14.5. The summed E-state index contributed by atoms with van der Waals surface area (Å²) in [7, 11) is 1.64. The maximum atomic E-state index is 6.20. The van der Waals surface area contributed by atoms with Crippen LogP contribution in [0.15, 0.2) is 42.5 Å². The van der Waals surface area contributed by atoms with Crippen LogP contribution in [0, 0.1) is 13.8 Å². The highest BCUT2D eigenvalue weighted by Gasteiger charge is 2.11. The van der Waals surface area contributed by atoms with Crippen molar-refractivity contribution in [3.63, 3.8) is 0 Å². The second kappa shape index (κ2) is 6.44. The first kappa shape index (κ1) is 14.4. The molecule has 0 fully saturated rings. The molecule has 0 aromatic heterocycles. The molecule has 0 amide bonds. The first-order valence-corrected chi connectivity index (χ1v) is 6.70. The molecule has 2 aromatic carbocycles. The van der Waals surface area contributed by atoms with E-state index in [0.29, 0.717) is 6.61 Å². The molecule has 2 aromatic rings. The third kappa shape index (κ3) is 3.31. The third-order valence-electron chi connectivity index (χ3n) is 3.33. The highest BCUT2D eigenvalue weighted by atomic mass is 16.5. The molecule has 1 unspecified atom stereocenters. The van der Waals surface area contributed by atoms with Crippen LogP contribution in [0.5, 0.6) is 11.5 Å². The zero-order valence-corrected chi connectivity index (χ0v) is 12.2. The van der Waals surface area contributed by atoms with Crippen molar-refractivity contribution in [2.75, 3.05) is 13.7 Å². The highest BCUT2D eigenvalue weighted by Crippen LogP contribution is 2.28. The molecular weight excluding hydrogens is 250 g/mol. The fourth-order valence-electron chi connectivity index (χ4n) is 2.17. The average molecular weight is 271 g/mol. The van der Waals surface area contributed by atoms with Crippen molar-refractivity contribution in [1.82, 2.24) is 0 Å². The van der Waals surface area contributed by atoms with Crippen LogP contribution in [0.1, 0.15) is 22.7 Å². The van der Waals surface area contributed by atoms with E-state index >= 15 is 0 Å². The van der Waals surface area contributed by atoms with Crippen molar-refractivity contribution < 1.29 is 9.47 Å². The second-order valence-electron chi connectivity index (χ2n) is 4.93. The van der Waals surface area contributed by atoms with Crippen molar-refractivity contribution in [1.29, 1.82) is 0 Å². The lowest BCUT2D eigenvalue weighted by molar-refractivity contribution is 0.273. The molecule has 0 spiro atoms. The summed E-state index contributed by atoms with van der Waals surface area (Å²) >= 11 is 0. The van der Waals surface area contributed by atoms with Gasteiger partial charge >= 0.3 is 0 Å². The molecule has 0 aliphatic rings. The zero-order valence-electron chi connectivity index (χ0n) is 12.2. The Labute approximate surface area is 120 Å². The molecule has 3 heteroatoms. The quantitative estimate of drug-likeness (QED) is 0.906. The fourth-order valence-corrected chi connectivity index (χ4v) is 2.17. The van der Waals surface area contributed by atoms with Gasteiger partial charge in [0, 0.05) is 0 Å². The predicted molar refractivity (Wildman–Crippen MR) is 81.3 cm³/mol. The summed E-state index contributed by atoms with van der Waals surface area (Å²) in [4.78, 5) is 0. The molecule has 1 atom stereocenters. The minimum atomic E-state index is -0.151. The van der Waals surface area contributed by atoms with Gasteiger partial charge in [0.2, 0.25) is 0 Å². The first-order valence-electron chi connectivity index (χ1n) is 6.70. The van der Waals surface area contributed by atoms with Crippen LogP contribution in [-0.4, -0.2) is 13.7 Å². The van der Waals surface area contributed by atoms with Gasteiger partial charge in [0.05, 0.1) is 13.2 Å². The molecule has 0 aliphatic heterocycles. The molecule has 0 bridgehead atoms. The van der Waals surface area contributed by atoms with Gasteiger partial charge in [0.25, 0.3) is 0 Å². The third-order valence-corrected chi connectivity index (χ3v) is 3.33. The SMILES string of the molecule is COc1cc(C)ccc1OCC(N)c1ccccc1C. The van der Waals surface area contributed by atoms with Crippen LogP contribution in [0.4, 0.5) is 0 Å². The van der Waals surface area contributed by atoms with Crippen LogP contribution in [-0.2, 0) is 0 Å². The van der Waals surface area contributed by atoms with Gasteiger partial charge in [-0.3, -0.25) is 0 Å². The van der Waals surface area contributed by atoms with Gasteiger partial charge in [-0.25, -0.2) is 0 Å².